The predicted molar refractivity (Wildman–Crippen MR) is 98.0 cm³/mol. The highest BCUT2D eigenvalue weighted by Crippen LogP contribution is 2.08. The minimum atomic E-state index is -1.06. The molecule has 0 bridgehead atoms. The van der Waals surface area contributed by atoms with Gasteiger partial charge in [0.05, 0.1) is 34.8 Å². The molecule has 0 aromatic heterocycles. The van der Waals surface area contributed by atoms with Crippen LogP contribution in [0.3, 0.4) is 0 Å². The lowest BCUT2D eigenvalue weighted by Gasteiger charge is -2.02. The van der Waals surface area contributed by atoms with E-state index in [9.17, 15) is 19.2 Å². The molecular weight excluding hydrogens is 368 g/mol. The van der Waals surface area contributed by atoms with Crippen molar-refractivity contribution in [3.8, 4) is 0 Å². The quantitative estimate of drug-likeness (QED) is 0.573. The number of carbonyl (C=O) groups is 4. The Morgan fingerprint density at radius 2 is 1.04 bits per heavy atom. The van der Waals surface area contributed by atoms with Gasteiger partial charge in [-0.25, -0.2) is 19.2 Å². The average Bonchev–Trinajstić information content (AvgIpc) is 2.69. The topological polar surface area (TPSA) is 127 Å². The van der Waals surface area contributed by atoms with Gasteiger partial charge >= 0.3 is 23.9 Å². The summed E-state index contributed by atoms with van der Waals surface area (Å²) in [5.41, 5.74) is 0.664. The molecule has 0 fully saturated rings. The zero-order chi connectivity index (χ0) is 21.1. The second-order valence-corrected chi connectivity index (χ2v) is 4.91. The van der Waals surface area contributed by atoms with Gasteiger partial charge in [0, 0.05) is 0 Å². The molecule has 0 heterocycles. The van der Waals surface area contributed by atoms with Crippen LogP contribution in [0.25, 0.3) is 0 Å². The summed E-state index contributed by atoms with van der Waals surface area (Å²) in [6, 6.07) is 11.0. The molecule has 2 N–H and O–H groups in total. The molecule has 144 valence electrons. The van der Waals surface area contributed by atoms with E-state index in [4.69, 9.17) is 10.2 Å². The molecule has 8 nitrogen and oxygen atoms in total. The monoisotopic (exact) mass is 384 g/mol. The van der Waals surface area contributed by atoms with E-state index in [0.717, 1.165) is 12.5 Å². The van der Waals surface area contributed by atoms with Crippen molar-refractivity contribution in [3.05, 3.63) is 96.5 Å². The third kappa shape index (κ3) is 6.60. The maximum Gasteiger partial charge on any atom is 0.342 e. The highest BCUT2D eigenvalue weighted by molar-refractivity contribution is 5.95. The number of rotatable bonds is 6. The number of carboxylic acid groups (broad SMARTS) is 2. The third-order valence-corrected chi connectivity index (χ3v) is 3.09. The summed E-state index contributed by atoms with van der Waals surface area (Å²) in [5, 5.41) is 16.9. The molecule has 0 unspecified atom stereocenters. The minimum Gasteiger partial charge on any atom is -0.478 e. The largest absolute Gasteiger partial charge is 0.478 e. The third-order valence-electron chi connectivity index (χ3n) is 3.09. The van der Waals surface area contributed by atoms with Crippen LogP contribution >= 0.6 is 0 Å². The molecule has 2 aromatic carbocycles. The van der Waals surface area contributed by atoms with E-state index < -0.39 is 23.9 Å². The maximum absolute atomic E-state index is 11.3. The van der Waals surface area contributed by atoms with Crippen LogP contribution in [0.2, 0.25) is 0 Å². The van der Waals surface area contributed by atoms with Crippen LogP contribution in [0.1, 0.15) is 41.4 Å². The van der Waals surface area contributed by atoms with E-state index in [2.05, 4.69) is 22.6 Å². The Labute approximate surface area is 159 Å². The zero-order valence-electron chi connectivity index (χ0n) is 14.5. The Kier molecular flexibility index (Phi) is 8.36. The molecule has 8 heteroatoms. The summed E-state index contributed by atoms with van der Waals surface area (Å²) in [7, 11) is 0. The fraction of sp³-hybridized carbons (Fsp3) is 0. The Balaban J connectivity index is 0.000000292. The maximum atomic E-state index is 11.3. The van der Waals surface area contributed by atoms with Crippen molar-refractivity contribution >= 4 is 23.9 Å². The standard InChI is InChI=1S/C12H10O4.C8H6O4/c1-3-15-11(13)9-6-5-7-10(8-9)12(14)16-4-2;9-7(10)5-1-2-6(4-3-5)8(11)12/h3-8H,1-2H2;1-4H,(H,9,10)(H,11,12). The van der Waals surface area contributed by atoms with Crippen LogP contribution in [0, 0.1) is 0 Å². The van der Waals surface area contributed by atoms with E-state index in [0.29, 0.717) is 0 Å². The first-order chi connectivity index (χ1) is 13.3. The number of carboxylic acids is 2. The first kappa shape index (κ1) is 21.8. The van der Waals surface area contributed by atoms with E-state index in [1.165, 1.54) is 42.5 Å². The smallest absolute Gasteiger partial charge is 0.342 e. The van der Waals surface area contributed by atoms with Crippen LogP contribution in [0.4, 0.5) is 0 Å². The highest BCUT2D eigenvalue weighted by Gasteiger charge is 2.11. The van der Waals surface area contributed by atoms with Crippen molar-refractivity contribution in [1.29, 1.82) is 0 Å². The van der Waals surface area contributed by atoms with Gasteiger partial charge in [-0.3, -0.25) is 0 Å². The Bertz CT molecular complexity index is 826. The molecule has 0 aliphatic heterocycles. The molecule has 0 atom stereocenters. The SMILES string of the molecule is C=COC(=O)c1cccc(C(=O)OC=C)c1.O=C(O)c1ccc(C(=O)O)cc1. The van der Waals surface area contributed by atoms with Crippen LogP contribution in [0.15, 0.2) is 74.2 Å². The number of ether oxygens (including phenoxy) is 2. The first-order valence-corrected chi connectivity index (χ1v) is 7.60. The van der Waals surface area contributed by atoms with Gasteiger partial charge in [0.25, 0.3) is 0 Å². The van der Waals surface area contributed by atoms with Crippen LogP contribution < -0.4 is 0 Å². The van der Waals surface area contributed by atoms with Crippen LogP contribution in [-0.4, -0.2) is 34.1 Å². The summed E-state index contributed by atoms with van der Waals surface area (Å²) in [6.45, 7) is 6.53. The Hall–Kier alpha value is -4.20. The molecular formula is C20H16O8. The number of aromatic carboxylic acids is 2. The lowest BCUT2D eigenvalue weighted by atomic mass is 10.1. The molecule has 28 heavy (non-hydrogen) atoms. The van der Waals surface area contributed by atoms with Gasteiger partial charge in [0.1, 0.15) is 0 Å². The van der Waals surface area contributed by atoms with Crippen molar-refractivity contribution in [2.24, 2.45) is 0 Å². The molecule has 0 spiro atoms. The second-order valence-electron chi connectivity index (χ2n) is 4.91. The number of benzene rings is 2. The molecule has 0 amide bonds. The summed E-state index contributed by atoms with van der Waals surface area (Å²) in [5.74, 6) is -3.29. The summed E-state index contributed by atoms with van der Waals surface area (Å²) in [4.78, 5) is 43.3. The van der Waals surface area contributed by atoms with Gasteiger partial charge in [-0.1, -0.05) is 19.2 Å². The number of esters is 2. The Morgan fingerprint density at radius 1 is 0.679 bits per heavy atom. The summed E-state index contributed by atoms with van der Waals surface area (Å²) < 4.78 is 9.15. The highest BCUT2D eigenvalue weighted by atomic mass is 16.5. The van der Waals surface area contributed by atoms with Crippen molar-refractivity contribution < 1.29 is 38.9 Å². The predicted octanol–water partition coefficient (Wildman–Crippen LogP) is 3.37. The van der Waals surface area contributed by atoms with E-state index in [1.807, 2.05) is 0 Å². The van der Waals surface area contributed by atoms with E-state index in [1.54, 1.807) is 6.07 Å². The lowest BCUT2D eigenvalue weighted by molar-refractivity contribution is 0.0656. The molecule has 0 saturated carbocycles. The van der Waals surface area contributed by atoms with Crippen molar-refractivity contribution in [1.82, 2.24) is 0 Å². The summed E-state index contributed by atoms with van der Waals surface area (Å²) >= 11 is 0. The van der Waals surface area contributed by atoms with Gasteiger partial charge in [0.2, 0.25) is 0 Å². The number of carbonyl (C=O) groups excluding carboxylic acids is 2. The van der Waals surface area contributed by atoms with Gasteiger partial charge in [0.15, 0.2) is 0 Å². The summed E-state index contributed by atoms with van der Waals surface area (Å²) in [6.07, 6.45) is 2.05. The minimum absolute atomic E-state index is 0.0833. The molecule has 0 aliphatic carbocycles. The van der Waals surface area contributed by atoms with Gasteiger partial charge in [-0.05, 0) is 42.5 Å². The average molecular weight is 384 g/mol. The fourth-order valence-corrected chi connectivity index (χ4v) is 1.82. The second kappa shape index (κ2) is 10.7. The van der Waals surface area contributed by atoms with Gasteiger partial charge in [-0.2, -0.15) is 0 Å². The number of hydrogen-bond acceptors (Lipinski definition) is 6. The van der Waals surface area contributed by atoms with Gasteiger partial charge in [-0.15, -0.1) is 0 Å². The molecule has 0 radical (unpaired) electrons. The molecule has 0 saturated heterocycles. The van der Waals surface area contributed by atoms with Crippen molar-refractivity contribution in [3.63, 3.8) is 0 Å². The normalized spacial score (nSPS) is 9.14. The molecule has 2 aromatic rings. The van der Waals surface area contributed by atoms with Crippen molar-refractivity contribution in [2.75, 3.05) is 0 Å². The van der Waals surface area contributed by atoms with Crippen LogP contribution in [-0.2, 0) is 9.47 Å². The van der Waals surface area contributed by atoms with E-state index in [-0.39, 0.29) is 22.3 Å². The van der Waals surface area contributed by atoms with Gasteiger partial charge < -0.3 is 19.7 Å². The first-order valence-electron chi connectivity index (χ1n) is 7.60. The lowest BCUT2D eigenvalue weighted by Crippen LogP contribution is -2.05. The molecule has 0 aliphatic rings. The number of hydrogen-bond donors (Lipinski definition) is 2. The zero-order valence-corrected chi connectivity index (χ0v) is 14.5. The van der Waals surface area contributed by atoms with E-state index >= 15 is 0 Å². The fourth-order valence-electron chi connectivity index (χ4n) is 1.82. The van der Waals surface area contributed by atoms with Crippen molar-refractivity contribution in [2.45, 2.75) is 0 Å². The molecule has 2 rings (SSSR count). The Morgan fingerprint density at radius 3 is 1.32 bits per heavy atom. The van der Waals surface area contributed by atoms with Crippen LogP contribution in [0.5, 0.6) is 0 Å².